The van der Waals surface area contributed by atoms with Gasteiger partial charge >= 0.3 is 5.97 Å². The molecule has 1 aromatic heterocycles. The average Bonchev–Trinajstić information content (AvgIpc) is 3.03. The second-order valence-corrected chi connectivity index (χ2v) is 8.38. The second kappa shape index (κ2) is 7.44. The summed E-state index contributed by atoms with van der Waals surface area (Å²) in [7, 11) is -3.49. The summed E-state index contributed by atoms with van der Waals surface area (Å²) in [5.74, 6) is -0.586. The SMILES string of the molecule is CCOC(=O)c1cn(CC)c2c3c(ccc2c1=O)CC(COS(C)(=O)=O)C3. The van der Waals surface area contributed by atoms with Crippen molar-refractivity contribution in [2.24, 2.45) is 5.92 Å². The van der Waals surface area contributed by atoms with E-state index < -0.39 is 16.1 Å². The third kappa shape index (κ3) is 3.91. The molecule has 2 aromatic rings. The van der Waals surface area contributed by atoms with Crippen molar-refractivity contribution in [3.8, 4) is 0 Å². The predicted octanol–water partition coefficient (Wildman–Crippen LogP) is 1.89. The van der Waals surface area contributed by atoms with Crippen LogP contribution in [-0.4, -0.2) is 38.4 Å². The van der Waals surface area contributed by atoms with Crippen LogP contribution in [0.3, 0.4) is 0 Å². The zero-order valence-corrected chi connectivity index (χ0v) is 16.5. The Kier molecular flexibility index (Phi) is 5.39. The Labute approximate surface area is 158 Å². The zero-order valence-electron chi connectivity index (χ0n) is 15.6. The van der Waals surface area contributed by atoms with Gasteiger partial charge in [0, 0.05) is 18.1 Å². The Balaban J connectivity index is 2.06. The summed E-state index contributed by atoms with van der Waals surface area (Å²) in [5.41, 5.74) is 2.59. The van der Waals surface area contributed by atoms with E-state index in [1.165, 1.54) is 0 Å². The molecule has 27 heavy (non-hydrogen) atoms. The highest BCUT2D eigenvalue weighted by atomic mass is 32.2. The van der Waals surface area contributed by atoms with Gasteiger partial charge in [-0.25, -0.2) is 4.79 Å². The molecule has 146 valence electrons. The molecule has 0 N–H and O–H groups in total. The molecule has 0 saturated carbocycles. The van der Waals surface area contributed by atoms with E-state index in [0.717, 1.165) is 22.9 Å². The van der Waals surface area contributed by atoms with Crippen molar-refractivity contribution in [3.05, 3.63) is 45.2 Å². The number of ether oxygens (including phenoxy) is 1. The van der Waals surface area contributed by atoms with Gasteiger partial charge in [-0.15, -0.1) is 0 Å². The molecule has 0 fully saturated rings. The molecule has 0 radical (unpaired) electrons. The first-order valence-corrected chi connectivity index (χ1v) is 10.8. The van der Waals surface area contributed by atoms with Gasteiger partial charge in [0.25, 0.3) is 10.1 Å². The number of hydrogen-bond acceptors (Lipinski definition) is 6. The molecule has 1 unspecified atom stereocenters. The van der Waals surface area contributed by atoms with Crippen LogP contribution in [0.1, 0.15) is 35.3 Å². The number of hydrogen-bond donors (Lipinski definition) is 0. The van der Waals surface area contributed by atoms with E-state index in [-0.39, 0.29) is 30.1 Å². The van der Waals surface area contributed by atoms with E-state index in [4.69, 9.17) is 8.92 Å². The number of esters is 1. The minimum absolute atomic E-state index is 0.0288. The van der Waals surface area contributed by atoms with Crippen LogP contribution in [0.5, 0.6) is 0 Å². The van der Waals surface area contributed by atoms with Crippen LogP contribution in [0.25, 0.3) is 10.9 Å². The Hall–Kier alpha value is -2.19. The van der Waals surface area contributed by atoms with Gasteiger partial charge in [-0.05, 0) is 49.8 Å². The molecule has 0 aliphatic heterocycles. The molecule has 3 rings (SSSR count). The molecule has 0 spiro atoms. The van der Waals surface area contributed by atoms with E-state index in [1.807, 2.05) is 17.6 Å². The normalized spacial score (nSPS) is 16.5. The maximum atomic E-state index is 12.8. The van der Waals surface area contributed by atoms with Crippen molar-refractivity contribution in [2.45, 2.75) is 33.2 Å². The molecule has 7 nitrogen and oxygen atoms in total. The largest absolute Gasteiger partial charge is 0.462 e. The molecule has 1 aliphatic carbocycles. The highest BCUT2D eigenvalue weighted by Gasteiger charge is 2.27. The number of pyridine rings is 1. The quantitative estimate of drug-likeness (QED) is 0.550. The molecule has 1 aromatic carbocycles. The average molecular weight is 393 g/mol. The molecule has 0 amide bonds. The van der Waals surface area contributed by atoms with Gasteiger partial charge in [-0.3, -0.25) is 8.98 Å². The monoisotopic (exact) mass is 393 g/mol. The number of benzene rings is 1. The summed E-state index contributed by atoms with van der Waals surface area (Å²) >= 11 is 0. The minimum Gasteiger partial charge on any atom is -0.462 e. The lowest BCUT2D eigenvalue weighted by Gasteiger charge is -2.15. The molecule has 8 heteroatoms. The molecule has 1 atom stereocenters. The molecule has 1 aliphatic rings. The van der Waals surface area contributed by atoms with Gasteiger partial charge in [0.05, 0.1) is 25.0 Å². The van der Waals surface area contributed by atoms with Crippen LogP contribution in [-0.2, 0) is 38.4 Å². The van der Waals surface area contributed by atoms with Crippen LogP contribution in [0.15, 0.2) is 23.1 Å². The van der Waals surface area contributed by atoms with Crippen molar-refractivity contribution in [3.63, 3.8) is 0 Å². The highest BCUT2D eigenvalue weighted by Crippen LogP contribution is 2.32. The number of rotatable bonds is 6. The van der Waals surface area contributed by atoms with E-state index in [2.05, 4.69) is 0 Å². The summed E-state index contributed by atoms with van der Waals surface area (Å²) in [5, 5.41) is 0.478. The molecular formula is C19H23NO6S. The fourth-order valence-electron chi connectivity index (χ4n) is 3.65. The van der Waals surface area contributed by atoms with Crippen molar-refractivity contribution in [1.29, 1.82) is 0 Å². The Morgan fingerprint density at radius 2 is 2.00 bits per heavy atom. The summed E-state index contributed by atoms with van der Waals surface area (Å²) in [6.45, 7) is 4.55. The van der Waals surface area contributed by atoms with Crippen molar-refractivity contribution >= 4 is 27.0 Å². The van der Waals surface area contributed by atoms with Crippen LogP contribution in [0.4, 0.5) is 0 Å². The molecular weight excluding hydrogens is 370 g/mol. The van der Waals surface area contributed by atoms with Crippen LogP contribution >= 0.6 is 0 Å². The smallest absolute Gasteiger partial charge is 0.343 e. The van der Waals surface area contributed by atoms with Gasteiger partial charge in [0.1, 0.15) is 5.56 Å². The Morgan fingerprint density at radius 1 is 1.26 bits per heavy atom. The van der Waals surface area contributed by atoms with E-state index >= 15 is 0 Å². The lowest BCUT2D eigenvalue weighted by molar-refractivity contribution is 0.0524. The highest BCUT2D eigenvalue weighted by molar-refractivity contribution is 7.85. The lowest BCUT2D eigenvalue weighted by atomic mass is 10.0. The first kappa shape index (κ1) is 19.6. The number of aryl methyl sites for hydroxylation is 1. The number of nitrogens with zero attached hydrogens (tertiary/aromatic N) is 1. The molecule has 0 saturated heterocycles. The van der Waals surface area contributed by atoms with Gasteiger partial charge in [0.15, 0.2) is 0 Å². The van der Waals surface area contributed by atoms with Crippen molar-refractivity contribution < 1.29 is 22.1 Å². The first-order chi connectivity index (χ1) is 12.7. The van der Waals surface area contributed by atoms with Crippen LogP contribution < -0.4 is 5.43 Å². The van der Waals surface area contributed by atoms with E-state index in [9.17, 15) is 18.0 Å². The lowest BCUT2D eigenvalue weighted by Crippen LogP contribution is -2.21. The Bertz CT molecular complexity index is 1050. The van der Waals surface area contributed by atoms with Gasteiger partial charge < -0.3 is 9.30 Å². The summed E-state index contributed by atoms with van der Waals surface area (Å²) in [4.78, 5) is 25.0. The van der Waals surface area contributed by atoms with Gasteiger partial charge in [-0.1, -0.05) is 6.07 Å². The molecule has 1 heterocycles. The maximum Gasteiger partial charge on any atom is 0.343 e. The zero-order chi connectivity index (χ0) is 19.8. The fourth-order valence-corrected chi connectivity index (χ4v) is 4.09. The third-order valence-corrected chi connectivity index (χ3v) is 5.36. The molecule has 0 bridgehead atoms. The minimum atomic E-state index is -3.49. The second-order valence-electron chi connectivity index (χ2n) is 6.74. The summed E-state index contributed by atoms with van der Waals surface area (Å²) < 4.78 is 34.4. The van der Waals surface area contributed by atoms with Crippen LogP contribution in [0.2, 0.25) is 0 Å². The van der Waals surface area contributed by atoms with E-state index in [1.54, 1.807) is 19.2 Å². The van der Waals surface area contributed by atoms with Gasteiger partial charge in [-0.2, -0.15) is 8.42 Å². The summed E-state index contributed by atoms with van der Waals surface area (Å²) in [6.07, 6.45) is 3.91. The fraction of sp³-hybridized carbons (Fsp3) is 0.474. The predicted molar refractivity (Wildman–Crippen MR) is 102 cm³/mol. The number of aromatic nitrogens is 1. The van der Waals surface area contributed by atoms with Gasteiger partial charge in [0.2, 0.25) is 5.43 Å². The number of carbonyl (C=O) groups is 1. The topological polar surface area (TPSA) is 91.7 Å². The number of carbonyl (C=O) groups excluding carboxylic acids is 1. The first-order valence-electron chi connectivity index (χ1n) is 8.94. The summed E-state index contributed by atoms with van der Waals surface area (Å²) in [6, 6.07) is 3.62. The van der Waals surface area contributed by atoms with E-state index in [0.29, 0.717) is 24.8 Å². The number of fused-ring (bicyclic) bond motifs is 3. The van der Waals surface area contributed by atoms with Crippen LogP contribution in [0, 0.1) is 5.92 Å². The standard InChI is InChI=1S/C19H23NO6S/c1-4-20-10-16(19(22)25-5-2)18(21)14-7-6-13-8-12(9-15(13)17(14)20)11-26-27(3,23)24/h6-7,10,12H,4-5,8-9,11H2,1-3H3. The maximum absolute atomic E-state index is 12.8. The Morgan fingerprint density at radius 3 is 2.63 bits per heavy atom. The third-order valence-electron chi connectivity index (χ3n) is 4.80. The van der Waals surface area contributed by atoms with Crippen molar-refractivity contribution in [2.75, 3.05) is 19.5 Å². The van der Waals surface area contributed by atoms with Crippen molar-refractivity contribution in [1.82, 2.24) is 4.57 Å².